The summed E-state index contributed by atoms with van der Waals surface area (Å²) in [7, 11) is 0. The van der Waals surface area contributed by atoms with Gasteiger partial charge in [0.25, 0.3) is 5.91 Å². The summed E-state index contributed by atoms with van der Waals surface area (Å²) in [6.45, 7) is 2.77. The molecule has 0 bridgehead atoms. The van der Waals surface area contributed by atoms with Crippen molar-refractivity contribution >= 4 is 17.3 Å². The Kier molecular flexibility index (Phi) is 3.71. The minimum atomic E-state index is 0.00725. The number of rotatable bonds is 2. The first-order valence-electron chi connectivity index (χ1n) is 6.94. The summed E-state index contributed by atoms with van der Waals surface area (Å²) >= 11 is 0. The van der Waals surface area contributed by atoms with Crippen LogP contribution in [0.15, 0.2) is 35.9 Å². The van der Waals surface area contributed by atoms with Crippen molar-refractivity contribution in [3.8, 4) is 0 Å². The fourth-order valence-corrected chi connectivity index (χ4v) is 2.65. The molecule has 2 aliphatic heterocycles. The first-order chi connectivity index (χ1) is 9.75. The molecule has 1 aromatic carbocycles. The van der Waals surface area contributed by atoms with Gasteiger partial charge in [-0.15, -0.1) is 0 Å². The number of morpholine rings is 1. The molecule has 0 spiro atoms. The molecule has 1 atom stereocenters. The Balaban J connectivity index is 1.80. The average molecular weight is 273 g/mol. The minimum absolute atomic E-state index is 0.00725. The molecule has 0 radical (unpaired) electrons. The number of benzene rings is 1. The quantitative estimate of drug-likeness (QED) is 0.786. The third kappa shape index (κ3) is 2.55. The first-order valence-corrected chi connectivity index (χ1v) is 6.94. The van der Waals surface area contributed by atoms with Crippen LogP contribution >= 0.6 is 0 Å². The van der Waals surface area contributed by atoms with Crippen LogP contribution in [0.25, 0.3) is 0 Å². The van der Waals surface area contributed by atoms with Crippen LogP contribution in [0.2, 0.25) is 0 Å². The lowest BCUT2D eigenvalue weighted by atomic mass is 10.00. The Labute approximate surface area is 118 Å². The highest BCUT2D eigenvalue weighted by Gasteiger charge is 2.29. The molecule has 3 N–H and O–H groups in total. The highest BCUT2D eigenvalue weighted by molar-refractivity contribution is 6.07. The number of hydrogen-bond acceptors (Lipinski definition) is 4. The smallest absolute Gasteiger partial charge is 0.255 e. The van der Waals surface area contributed by atoms with Gasteiger partial charge in [-0.2, -0.15) is 0 Å². The summed E-state index contributed by atoms with van der Waals surface area (Å²) in [6, 6.07) is 7.43. The molecule has 3 rings (SSSR count). The van der Waals surface area contributed by atoms with Gasteiger partial charge in [0.1, 0.15) is 0 Å². The van der Waals surface area contributed by atoms with E-state index in [4.69, 9.17) is 10.5 Å². The number of nitrogen functional groups attached to an aromatic ring is 1. The monoisotopic (exact) mass is 273 g/mol. The van der Waals surface area contributed by atoms with E-state index in [-0.39, 0.29) is 11.9 Å². The van der Waals surface area contributed by atoms with Crippen LogP contribution in [0.3, 0.4) is 0 Å². The summed E-state index contributed by atoms with van der Waals surface area (Å²) in [5.41, 5.74) is 8.11. The number of carbonyl (C=O) groups excluding carboxylic acids is 1. The number of ether oxygens (including phenoxy) is 1. The molecule has 2 aliphatic rings. The van der Waals surface area contributed by atoms with Gasteiger partial charge in [0.15, 0.2) is 0 Å². The highest BCUT2D eigenvalue weighted by atomic mass is 16.5. The SMILES string of the molecule is Nc1ccc(N2CCC=C(C3COCCN3)C2=O)cc1. The van der Waals surface area contributed by atoms with E-state index in [9.17, 15) is 4.79 Å². The third-order valence-electron chi connectivity index (χ3n) is 3.71. The van der Waals surface area contributed by atoms with Crippen molar-refractivity contribution < 1.29 is 9.53 Å². The van der Waals surface area contributed by atoms with Crippen LogP contribution in [0.4, 0.5) is 11.4 Å². The molecule has 0 saturated carbocycles. The van der Waals surface area contributed by atoms with Crippen molar-refractivity contribution in [3.05, 3.63) is 35.9 Å². The molecule has 1 fully saturated rings. The second kappa shape index (κ2) is 5.64. The second-order valence-electron chi connectivity index (χ2n) is 5.08. The molecule has 1 saturated heterocycles. The van der Waals surface area contributed by atoms with Gasteiger partial charge in [-0.3, -0.25) is 4.79 Å². The van der Waals surface area contributed by atoms with Crippen molar-refractivity contribution in [1.82, 2.24) is 5.32 Å². The van der Waals surface area contributed by atoms with Gasteiger partial charge in [-0.25, -0.2) is 0 Å². The van der Waals surface area contributed by atoms with Crippen LogP contribution in [0, 0.1) is 0 Å². The zero-order chi connectivity index (χ0) is 13.9. The molecule has 1 aromatic rings. The van der Waals surface area contributed by atoms with Crippen LogP contribution in [-0.4, -0.2) is 38.3 Å². The van der Waals surface area contributed by atoms with Gasteiger partial charge >= 0.3 is 0 Å². The number of nitrogens with one attached hydrogen (secondary N) is 1. The average Bonchev–Trinajstić information content (AvgIpc) is 2.49. The maximum absolute atomic E-state index is 12.6. The third-order valence-corrected chi connectivity index (χ3v) is 3.71. The fourth-order valence-electron chi connectivity index (χ4n) is 2.65. The topological polar surface area (TPSA) is 67.6 Å². The number of nitrogens with zero attached hydrogens (tertiary/aromatic N) is 1. The minimum Gasteiger partial charge on any atom is -0.399 e. The van der Waals surface area contributed by atoms with Gasteiger partial charge in [0.2, 0.25) is 0 Å². The maximum Gasteiger partial charge on any atom is 0.255 e. The molecule has 0 aromatic heterocycles. The lowest BCUT2D eigenvalue weighted by Crippen LogP contribution is -2.48. The second-order valence-corrected chi connectivity index (χ2v) is 5.08. The van der Waals surface area contributed by atoms with Gasteiger partial charge < -0.3 is 20.7 Å². The van der Waals surface area contributed by atoms with Crippen LogP contribution in [-0.2, 0) is 9.53 Å². The molecule has 1 amide bonds. The summed E-state index contributed by atoms with van der Waals surface area (Å²) in [5.74, 6) is 0.0593. The van der Waals surface area contributed by atoms with Crippen molar-refractivity contribution in [2.45, 2.75) is 12.5 Å². The van der Waals surface area contributed by atoms with Crippen LogP contribution in [0.5, 0.6) is 0 Å². The summed E-state index contributed by atoms with van der Waals surface area (Å²) in [4.78, 5) is 14.5. The number of nitrogens with two attached hydrogens (primary N) is 1. The first kappa shape index (κ1) is 13.1. The molecular formula is C15H19N3O2. The van der Waals surface area contributed by atoms with Gasteiger partial charge in [0.05, 0.1) is 19.3 Å². The highest BCUT2D eigenvalue weighted by Crippen LogP contribution is 2.24. The van der Waals surface area contributed by atoms with Crippen LogP contribution < -0.4 is 16.0 Å². The molecule has 0 aliphatic carbocycles. The molecule has 2 heterocycles. The molecule has 5 nitrogen and oxygen atoms in total. The van der Waals surface area contributed by atoms with Crippen molar-refractivity contribution in [3.63, 3.8) is 0 Å². The molecule has 106 valence electrons. The Hall–Kier alpha value is -1.85. The lowest BCUT2D eigenvalue weighted by molar-refractivity contribution is -0.116. The Morgan fingerprint density at radius 1 is 1.30 bits per heavy atom. The van der Waals surface area contributed by atoms with E-state index in [0.717, 1.165) is 24.2 Å². The summed E-state index contributed by atoms with van der Waals surface area (Å²) in [6.07, 6.45) is 2.89. The summed E-state index contributed by atoms with van der Waals surface area (Å²) in [5, 5.41) is 3.34. The number of carbonyl (C=O) groups is 1. The fraction of sp³-hybridized carbons (Fsp3) is 0.400. The van der Waals surface area contributed by atoms with Gasteiger partial charge in [-0.1, -0.05) is 6.08 Å². The van der Waals surface area contributed by atoms with Crippen LogP contribution in [0.1, 0.15) is 6.42 Å². The van der Waals surface area contributed by atoms with Gasteiger partial charge in [0, 0.05) is 30.0 Å². The standard InChI is InChI=1S/C15H19N3O2/c16-11-3-5-12(6-4-11)18-8-1-2-13(15(18)19)14-10-20-9-7-17-14/h2-6,14,17H,1,7-10,16H2. The number of hydrogen-bond donors (Lipinski definition) is 2. The molecule has 5 heteroatoms. The van der Waals surface area contributed by atoms with E-state index in [1.165, 1.54) is 0 Å². The molecular weight excluding hydrogens is 254 g/mol. The summed E-state index contributed by atoms with van der Waals surface area (Å²) < 4.78 is 5.45. The van der Waals surface area contributed by atoms with E-state index in [2.05, 4.69) is 5.32 Å². The van der Waals surface area contributed by atoms with E-state index in [1.807, 2.05) is 35.2 Å². The lowest BCUT2D eigenvalue weighted by Gasteiger charge is -2.32. The predicted molar refractivity (Wildman–Crippen MR) is 78.5 cm³/mol. The molecule has 20 heavy (non-hydrogen) atoms. The van der Waals surface area contributed by atoms with Gasteiger partial charge in [-0.05, 0) is 30.7 Å². The zero-order valence-corrected chi connectivity index (χ0v) is 11.3. The Morgan fingerprint density at radius 2 is 2.10 bits per heavy atom. The zero-order valence-electron chi connectivity index (χ0n) is 11.3. The van der Waals surface area contributed by atoms with E-state index in [1.54, 1.807) is 0 Å². The Bertz CT molecular complexity index is 518. The normalized spacial score (nSPS) is 23.6. The number of amides is 1. The Morgan fingerprint density at radius 3 is 2.80 bits per heavy atom. The van der Waals surface area contributed by atoms with Crippen molar-refractivity contribution in [2.24, 2.45) is 0 Å². The van der Waals surface area contributed by atoms with E-state index < -0.39 is 0 Å². The van der Waals surface area contributed by atoms with Crippen molar-refractivity contribution in [1.29, 1.82) is 0 Å². The van der Waals surface area contributed by atoms with E-state index >= 15 is 0 Å². The van der Waals surface area contributed by atoms with E-state index in [0.29, 0.717) is 25.4 Å². The largest absolute Gasteiger partial charge is 0.399 e. The maximum atomic E-state index is 12.6. The molecule has 1 unspecified atom stereocenters. The van der Waals surface area contributed by atoms with Crippen molar-refractivity contribution in [2.75, 3.05) is 36.9 Å². The predicted octanol–water partition coefficient (Wildman–Crippen LogP) is 0.920. The number of anilines is 2.